The van der Waals surface area contributed by atoms with Gasteiger partial charge in [0.2, 0.25) is 0 Å². The van der Waals surface area contributed by atoms with E-state index in [9.17, 15) is 4.79 Å². The first-order valence-electron chi connectivity index (χ1n) is 5.96. The van der Waals surface area contributed by atoms with Gasteiger partial charge in [0.25, 0.3) is 5.91 Å². The summed E-state index contributed by atoms with van der Waals surface area (Å²) in [6, 6.07) is 7.61. The number of amides is 1. The van der Waals surface area contributed by atoms with Crippen molar-refractivity contribution in [3.05, 3.63) is 29.8 Å². The predicted octanol–water partition coefficient (Wildman–Crippen LogP) is 1.02. The van der Waals surface area contributed by atoms with Gasteiger partial charge < -0.3 is 9.47 Å². The molecule has 0 spiro atoms. The lowest BCUT2D eigenvalue weighted by molar-refractivity contribution is -0.128. The number of carbonyl (C=O) groups is 1. The number of methoxy groups -OCH3 is 1. The van der Waals surface area contributed by atoms with E-state index in [4.69, 9.17) is 15.3 Å². The second-order valence-electron chi connectivity index (χ2n) is 3.91. The fourth-order valence-corrected chi connectivity index (χ4v) is 1.53. The van der Waals surface area contributed by atoms with Crippen LogP contribution in [0.5, 0.6) is 5.75 Å². The van der Waals surface area contributed by atoms with Crippen molar-refractivity contribution in [2.75, 3.05) is 13.7 Å². The Morgan fingerprint density at radius 1 is 1.39 bits per heavy atom. The minimum absolute atomic E-state index is 0.319. The van der Waals surface area contributed by atoms with Crippen LogP contribution < -0.4 is 16.0 Å². The lowest BCUT2D eigenvalue weighted by Gasteiger charge is -2.15. The Bertz CT molecular complexity index is 365. The summed E-state index contributed by atoms with van der Waals surface area (Å²) in [5.74, 6) is 5.43. The molecular weight excluding hydrogens is 232 g/mol. The number of rotatable bonds is 7. The average molecular weight is 252 g/mol. The molecule has 0 fully saturated rings. The lowest BCUT2D eigenvalue weighted by Crippen LogP contribution is -2.41. The molecule has 0 aliphatic carbocycles. The summed E-state index contributed by atoms with van der Waals surface area (Å²) in [5.41, 5.74) is 3.26. The molecule has 1 unspecified atom stereocenters. The van der Waals surface area contributed by atoms with E-state index in [2.05, 4.69) is 5.43 Å². The summed E-state index contributed by atoms with van der Waals surface area (Å²) < 4.78 is 10.6. The van der Waals surface area contributed by atoms with E-state index in [0.717, 1.165) is 6.42 Å². The minimum atomic E-state index is -0.556. The van der Waals surface area contributed by atoms with Crippen LogP contribution in [0.25, 0.3) is 0 Å². The molecule has 0 heterocycles. The Morgan fingerprint density at radius 3 is 2.56 bits per heavy atom. The van der Waals surface area contributed by atoms with Gasteiger partial charge in [-0.15, -0.1) is 0 Å². The Balaban J connectivity index is 2.59. The molecule has 0 aliphatic heterocycles. The van der Waals surface area contributed by atoms with Crippen molar-refractivity contribution in [1.82, 2.24) is 5.43 Å². The highest BCUT2D eigenvalue weighted by Crippen LogP contribution is 2.15. The Kier molecular flexibility index (Phi) is 6.18. The van der Waals surface area contributed by atoms with Crippen LogP contribution in [0.15, 0.2) is 24.3 Å². The van der Waals surface area contributed by atoms with Gasteiger partial charge in [-0.3, -0.25) is 10.2 Å². The molecule has 0 bridgehead atoms. The number of hydrogen-bond donors (Lipinski definition) is 2. The molecule has 1 aromatic carbocycles. The first kappa shape index (κ1) is 14.5. The lowest BCUT2D eigenvalue weighted by atomic mass is 10.1. The zero-order valence-corrected chi connectivity index (χ0v) is 10.8. The molecule has 0 saturated carbocycles. The summed E-state index contributed by atoms with van der Waals surface area (Å²) in [5, 5.41) is 0. The van der Waals surface area contributed by atoms with Gasteiger partial charge in [0.1, 0.15) is 5.75 Å². The molecule has 1 aromatic rings. The summed E-state index contributed by atoms with van der Waals surface area (Å²) in [4.78, 5) is 11.4. The third kappa shape index (κ3) is 4.35. The Hall–Kier alpha value is -1.59. The first-order chi connectivity index (χ1) is 8.71. The van der Waals surface area contributed by atoms with Crippen LogP contribution in [-0.2, 0) is 16.0 Å². The summed E-state index contributed by atoms with van der Waals surface area (Å²) in [7, 11) is 1.68. The number of nitrogens with two attached hydrogens (primary N) is 1. The third-order valence-electron chi connectivity index (χ3n) is 2.60. The monoisotopic (exact) mass is 252 g/mol. The standard InChI is InChI=1S/C13H20N2O3/c1-3-12(13(16)15-14)18-11-6-4-10(5-7-11)8-9-17-2/h4-7,12H,3,8-9,14H2,1-2H3,(H,15,16). The topological polar surface area (TPSA) is 73.6 Å². The fourth-order valence-electron chi connectivity index (χ4n) is 1.53. The number of nitrogens with one attached hydrogen (secondary N) is 1. The zero-order valence-electron chi connectivity index (χ0n) is 10.8. The van der Waals surface area contributed by atoms with Crippen LogP contribution in [0.2, 0.25) is 0 Å². The summed E-state index contributed by atoms with van der Waals surface area (Å²) in [6.45, 7) is 2.56. The molecule has 3 N–H and O–H groups in total. The van der Waals surface area contributed by atoms with Gasteiger partial charge in [-0.25, -0.2) is 5.84 Å². The van der Waals surface area contributed by atoms with Crippen molar-refractivity contribution >= 4 is 5.91 Å². The maximum atomic E-state index is 11.4. The van der Waals surface area contributed by atoms with E-state index in [1.807, 2.05) is 31.2 Å². The number of carbonyl (C=O) groups excluding carboxylic acids is 1. The van der Waals surface area contributed by atoms with Crippen LogP contribution in [0, 0.1) is 0 Å². The quantitative estimate of drug-likeness (QED) is 0.432. The van der Waals surface area contributed by atoms with Crippen molar-refractivity contribution in [1.29, 1.82) is 0 Å². The molecule has 0 aliphatic rings. The first-order valence-corrected chi connectivity index (χ1v) is 5.96. The SMILES string of the molecule is CCC(Oc1ccc(CCOC)cc1)C(=O)NN. The second kappa shape index (κ2) is 7.68. The number of hydrogen-bond acceptors (Lipinski definition) is 4. The molecule has 18 heavy (non-hydrogen) atoms. The normalized spacial score (nSPS) is 11.9. The smallest absolute Gasteiger partial charge is 0.274 e. The van der Waals surface area contributed by atoms with E-state index < -0.39 is 6.10 Å². The van der Waals surface area contributed by atoms with E-state index in [-0.39, 0.29) is 5.91 Å². The van der Waals surface area contributed by atoms with Gasteiger partial charge in [-0.1, -0.05) is 19.1 Å². The van der Waals surface area contributed by atoms with Gasteiger partial charge in [-0.2, -0.15) is 0 Å². The molecule has 0 radical (unpaired) electrons. The van der Waals surface area contributed by atoms with Gasteiger partial charge in [0, 0.05) is 7.11 Å². The molecule has 5 heteroatoms. The van der Waals surface area contributed by atoms with Crippen LogP contribution in [0.4, 0.5) is 0 Å². The molecule has 1 rings (SSSR count). The van der Waals surface area contributed by atoms with Crippen molar-refractivity contribution in [3.63, 3.8) is 0 Å². The van der Waals surface area contributed by atoms with Crippen molar-refractivity contribution < 1.29 is 14.3 Å². The molecule has 0 saturated heterocycles. The maximum absolute atomic E-state index is 11.4. The molecular formula is C13H20N2O3. The molecule has 0 aromatic heterocycles. The third-order valence-corrected chi connectivity index (χ3v) is 2.60. The van der Waals surface area contributed by atoms with Crippen molar-refractivity contribution in [2.45, 2.75) is 25.9 Å². The van der Waals surface area contributed by atoms with E-state index in [0.29, 0.717) is 18.8 Å². The number of ether oxygens (including phenoxy) is 2. The largest absolute Gasteiger partial charge is 0.481 e. The molecule has 1 amide bonds. The summed E-state index contributed by atoms with van der Waals surface area (Å²) in [6.07, 6.45) is 0.867. The molecule has 100 valence electrons. The molecule has 5 nitrogen and oxygen atoms in total. The predicted molar refractivity (Wildman–Crippen MR) is 69.1 cm³/mol. The van der Waals surface area contributed by atoms with Gasteiger partial charge in [-0.05, 0) is 30.5 Å². The van der Waals surface area contributed by atoms with Crippen LogP contribution >= 0.6 is 0 Å². The summed E-state index contributed by atoms with van der Waals surface area (Å²) >= 11 is 0. The number of benzene rings is 1. The highest BCUT2D eigenvalue weighted by atomic mass is 16.5. The van der Waals surface area contributed by atoms with Crippen LogP contribution in [0.1, 0.15) is 18.9 Å². The highest BCUT2D eigenvalue weighted by Gasteiger charge is 2.16. The zero-order chi connectivity index (χ0) is 13.4. The van der Waals surface area contributed by atoms with Gasteiger partial charge in [0.05, 0.1) is 6.61 Å². The molecule has 1 atom stereocenters. The van der Waals surface area contributed by atoms with E-state index in [1.165, 1.54) is 5.56 Å². The van der Waals surface area contributed by atoms with Crippen LogP contribution in [0.3, 0.4) is 0 Å². The number of hydrazine groups is 1. The maximum Gasteiger partial charge on any atom is 0.274 e. The van der Waals surface area contributed by atoms with E-state index in [1.54, 1.807) is 7.11 Å². The second-order valence-corrected chi connectivity index (χ2v) is 3.91. The minimum Gasteiger partial charge on any atom is -0.481 e. The van der Waals surface area contributed by atoms with Gasteiger partial charge >= 0.3 is 0 Å². The fraction of sp³-hybridized carbons (Fsp3) is 0.462. The Morgan fingerprint density at radius 2 is 2.06 bits per heavy atom. The van der Waals surface area contributed by atoms with Crippen molar-refractivity contribution in [2.24, 2.45) is 5.84 Å². The highest BCUT2D eigenvalue weighted by molar-refractivity contribution is 5.80. The van der Waals surface area contributed by atoms with E-state index >= 15 is 0 Å². The Labute approximate surface area is 107 Å². The van der Waals surface area contributed by atoms with Crippen molar-refractivity contribution in [3.8, 4) is 5.75 Å². The van der Waals surface area contributed by atoms with Crippen LogP contribution in [-0.4, -0.2) is 25.7 Å². The van der Waals surface area contributed by atoms with Gasteiger partial charge in [0.15, 0.2) is 6.10 Å². The average Bonchev–Trinajstić information content (AvgIpc) is 2.43.